The molecule has 2 heterocycles. The van der Waals surface area contributed by atoms with Gasteiger partial charge in [0, 0.05) is 17.8 Å². The second kappa shape index (κ2) is 9.47. The van der Waals surface area contributed by atoms with Crippen molar-refractivity contribution in [3.63, 3.8) is 0 Å². The molecule has 8 nitrogen and oxygen atoms in total. The van der Waals surface area contributed by atoms with Crippen LogP contribution < -0.4 is 9.46 Å². The van der Waals surface area contributed by atoms with Crippen molar-refractivity contribution in [2.24, 2.45) is 0 Å². The SMILES string of the molecule is COc1ccccc1CCc1ccc(-c2ccc(S(=O)(=O)NCCO)cc2)c2nncn12. The van der Waals surface area contributed by atoms with Gasteiger partial charge in [-0.05, 0) is 54.3 Å². The minimum Gasteiger partial charge on any atom is -0.496 e. The van der Waals surface area contributed by atoms with Crippen molar-refractivity contribution >= 4 is 15.7 Å². The Balaban J connectivity index is 1.60. The van der Waals surface area contributed by atoms with Crippen LogP contribution in [0.5, 0.6) is 5.75 Å². The van der Waals surface area contributed by atoms with Gasteiger partial charge in [0.1, 0.15) is 12.1 Å². The number of nitrogens with one attached hydrogen (secondary N) is 1. The molecular formula is C23H24N4O4S. The highest BCUT2D eigenvalue weighted by molar-refractivity contribution is 7.89. The van der Waals surface area contributed by atoms with E-state index in [9.17, 15) is 8.42 Å². The van der Waals surface area contributed by atoms with Crippen LogP contribution >= 0.6 is 0 Å². The van der Waals surface area contributed by atoms with Crippen LogP contribution in [0.1, 0.15) is 11.3 Å². The molecule has 0 fully saturated rings. The fourth-order valence-electron chi connectivity index (χ4n) is 3.64. The van der Waals surface area contributed by atoms with Gasteiger partial charge >= 0.3 is 0 Å². The third-order valence-corrected chi connectivity index (χ3v) is 6.74. The Hall–Kier alpha value is -3.27. The number of fused-ring (bicyclic) bond motifs is 1. The number of sulfonamides is 1. The van der Waals surface area contributed by atoms with E-state index in [2.05, 4.69) is 21.0 Å². The molecule has 0 spiro atoms. The molecule has 2 N–H and O–H groups in total. The van der Waals surface area contributed by atoms with Crippen LogP contribution in [0.25, 0.3) is 16.8 Å². The normalized spacial score (nSPS) is 11.7. The van der Waals surface area contributed by atoms with Crippen LogP contribution in [0.4, 0.5) is 0 Å². The molecule has 0 aliphatic carbocycles. The molecule has 0 unspecified atom stereocenters. The number of benzene rings is 2. The third-order valence-electron chi connectivity index (χ3n) is 5.26. The first-order valence-electron chi connectivity index (χ1n) is 10.2. The van der Waals surface area contributed by atoms with E-state index in [4.69, 9.17) is 9.84 Å². The average molecular weight is 453 g/mol. The predicted octanol–water partition coefficient (Wildman–Crippen LogP) is 2.46. The number of nitrogens with zero attached hydrogens (tertiary/aromatic N) is 3. The lowest BCUT2D eigenvalue weighted by molar-refractivity contribution is 0.301. The number of hydrogen-bond acceptors (Lipinski definition) is 6. The number of ether oxygens (including phenoxy) is 1. The second-order valence-corrected chi connectivity index (χ2v) is 8.99. The first-order valence-corrected chi connectivity index (χ1v) is 11.7. The third kappa shape index (κ3) is 4.50. The molecule has 0 bridgehead atoms. The fraction of sp³-hybridized carbons (Fsp3) is 0.217. The number of pyridine rings is 1. The average Bonchev–Trinajstić information content (AvgIpc) is 3.32. The van der Waals surface area contributed by atoms with Gasteiger partial charge in [-0.15, -0.1) is 10.2 Å². The lowest BCUT2D eigenvalue weighted by atomic mass is 10.0. The minimum atomic E-state index is -3.65. The van der Waals surface area contributed by atoms with Gasteiger partial charge in [-0.2, -0.15) is 0 Å². The molecule has 166 valence electrons. The van der Waals surface area contributed by atoms with Crippen LogP contribution in [-0.2, 0) is 22.9 Å². The first kappa shape index (κ1) is 21.9. The molecule has 0 saturated heterocycles. The summed E-state index contributed by atoms with van der Waals surface area (Å²) in [5, 5.41) is 17.2. The summed E-state index contributed by atoms with van der Waals surface area (Å²) in [5.41, 5.74) is 4.59. The Labute approximate surface area is 186 Å². The van der Waals surface area contributed by atoms with Crippen LogP contribution in [0.2, 0.25) is 0 Å². The number of aryl methyl sites for hydroxylation is 2. The summed E-state index contributed by atoms with van der Waals surface area (Å²) in [6.07, 6.45) is 3.28. The topological polar surface area (TPSA) is 106 Å². The van der Waals surface area contributed by atoms with Crippen molar-refractivity contribution in [1.82, 2.24) is 19.3 Å². The number of aliphatic hydroxyl groups is 1. The van der Waals surface area contributed by atoms with Crippen molar-refractivity contribution in [2.45, 2.75) is 17.7 Å². The lowest BCUT2D eigenvalue weighted by Gasteiger charge is -2.11. The molecule has 32 heavy (non-hydrogen) atoms. The van der Waals surface area contributed by atoms with E-state index >= 15 is 0 Å². The van der Waals surface area contributed by atoms with Gasteiger partial charge in [0.05, 0.1) is 18.6 Å². The molecule has 4 aromatic rings. The fourth-order valence-corrected chi connectivity index (χ4v) is 4.66. The highest BCUT2D eigenvalue weighted by atomic mass is 32.2. The summed E-state index contributed by atoms with van der Waals surface area (Å²) >= 11 is 0. The maximum atomic E-state index is 12.2. The van der Waals surface area contributed by atoms with Gasteiger partial charge in [0.25, 0.3) is 0 Å². The van der Waals surface area contributed by atoms with Gasteiger partial charge in [-0.25, -0.2) is 13.1 Å². The molecule has 0 aliphatic rings. The first-order chi connectivity index (χ1) is 15.5. The van der Waals surface area contributed by atoms with Gasteiger partial charge < -0.3 is 9.84 Å². The van der Waals surface area contributed by atoms with Crippen molar-refractivity contribution in [1.29, 1.82) is 0 Å². The summed E-state index contributed by atoms with van der Waals surface area (Å²) in [6.45, 7) is -0.285. The zero-order chi connectivity index (χ0) is 22.6. The Kier molecular flexibility index (Phi) is 6.50. The van der Waals surface area contributed by atoms with E-state index in [-0.39, 0.29) is 18.0 Å². The molecule has 0 radical (unpaired) electrons. The number of aliphatic hydroxyl groups excluding tert-OH is 1. The van der Waals surface area contributed by atoms with E-state index < -0.39 is 10.0 Å². The maximum Gasteiger partial charge on any atom is 0.240 e. The molecule has 9 heteroatoms. The van der Waals surface area contributed by atoms with E-state index in [1.54, 1.807) is 25.6 Å². The number of hydrogen-bond donors (Lipinski definition) is 2. The molecule has 0 amide bonds. The van der Waals surface area contributed by atoms with E-state index in [0.717, 1.165) is 41.0 Å². The maximum absolute atomic E-state index is 12.2. The molecule has 4 rings (SSSR count). The summed E-state index contributed by atoms with van der Waals surface area (Å²) in [6, 6.07) is 18.5. The van der Waals surface area contributed by atoms with Gasteiger partial charge in [-0.1, -0.05) is 30.3 Å². The highest BCUT2D eigenvalue weighted by Gasteiger charge is 2.15. The Morgan fingerprint density at radius 1 is 1.03 bits per heavy atom. The zero-order valence-corrected chi connectivity index (χ0v) is 18.4. The summed E-state index contributed by atoms with van der Waals surface area (Å²) in [7, 11) is -1.98. The summed E-state index contributed by atoms with van der Waals surface area (Å²) in [4.78, 5) is 0.139. The number of methoxy groups -OCH3 is 1. The molecule has 2 aromatic carbocycles. The molecule has 0 atom stereocenters. The standard InChI is InChI=1S/C23H24N4O4S/c1-31-22-5-3-2-4-18(22)6-9-19-10-13-21(23-26-24-16-27(19)23)17-7-11-20(12-8-17)32(29,30)25-14-15-28/h2-5,7-8,10-13,16,25,28H,6,9,14-15H2,1H3. The van der Waals surface area contributed by atoms with E-state index in [0.29, 0.717) is 5.65 Å². The smallest absolute Gasteiger partial charge is 0.240 e. The Morgan fingerprint density at radius 3 is 2.56 bits per heavy atom. The van der Waals surface area contributed by atoms with Crippen LogP contribution in [-0.4, -0.2) is 48.4 Å². The monoisotopic (exact) mass is 452 g/mol. The Bertz CT molecular complexity index is 1320. The van der Waals surface area contributed by atoms with Crippen molar-refractivity contribution in [2.75, 3.05) is 20.3 Å². The van der Waals surface area contributed by atoms with Crippen molar-refractivity contribution in [3.8, 4) is 16.9 Å². The van der Waals surface area contributed by atoms with Gasteiger partial charge in [-0.3, -0.25) is 4.40 Å². The van der Waals surface area contributed by atoms with Crippen molar-refractivity contribution in [3.05, 3.63) is 78.2 Å². The van der Waals surface area contributed by atoms with Crippen molar-refractivity contribution < 1.29 is 18.3 Å². The zero-order valence-electron chi connectivity index (χ0n) is 17.6. The van der Waals surface area contributed by atoms with Crippen LogP contribution in [0, 0.1) is 0 Å². The summed E-state index contributed by atoms with van der Waals surface area (Å²) in [5.74, 6) is 0.868. The van der Waals surface area contributed by atoms with E-state index in [1.807, 2.05) is 34.7 Å². The molecular weight excluding hydrogens is 428 g/mol. The quantitative estimate of drug-likeness (QED) is 0.404. The largest absolute Gasteiger partial charge is 0.496 e. The predicted molar refractivity (Wildman–Crippen MR) is 121 cm³/mol. The highest BCUT2D eigenvalue weighted by Crippen LogP contribution is 2.27. The van der Waals surface area contributed by atoms with Gasteiger partial charge in [0.15, 0.2) is 5.65 Å². The minimum absolute atomic E-state index is 0.0270. The van der Waals surface area contributed by atoms with Gasteiger partial charge in [0.2, 0.25) is 10.0 Å². The Morgan fingerprint density at radius 2 is 1.81 bits per heavy atom. The summed E-state index contributed by atoms with van der Waals surface area (Å²) < 4.78 is 34.2. The molecule has 0 saturated carbocycles. The van der Waals surface area contributed by atoms with Crippen LogP contribution in [0.15, 0.2) is 71.9 Å². The second-order valence-electron chi connectivity index (χ2n) is 7.22. The lowest BCUT2D eigenvalue weighted by Crippen LogP contribution is -2.26. The number of para-hydroxylation sites is 1. The number of aromatic nitrogens is 3. The van der Waals surface area contributed by atoms with E-state index in [1.165, 1.54) is 12.1 Å². The van der Waals surface area contributed by atoms with Crippen LogP contribution in [0.3, 0.4) is 0 Å². The molecule has 0 aliphatic heterocycles. The molecule has 2 aromatic heterocycles. The number of rotatable bonds is 9.